The van der Waals surface area contributed by atoms with Gasteiger partial charge in [-0.15, -0.1) is 0 Å². The molecule has 2 aromatic rings. The lowest BCUT2D eigenvalue weighted by atomic mass is 10.1. The minimum Gasteiger partial charge on any atom is -0.302 e. The highest BCUT2D eigenvalue weighted by Crippen LogP contribution is 2.42. The molecule has 0 fully saturated rings. The van der Waals surface area contributed by atoms with Gasteiger partial charge in [0.25, 0.3) is 0 Å². The predicted octanol–water partition coefficient (Wildman–Crippen LogP) is 4.15. The molecule has 0 saturated carbocycles. The van der Waals surface area contributed by atoms with Gasteiger partial charge in [0.05, 0.1) is 17.8 Å². The summed E-state index contributed by atoms with van der Waals surface area (Å²) in [7, 11) is 0. The third kappa shape index (κ3) is 2.62. The van der Waals surface area contributed by atoms with Crippen molar-refractivity contribution in [2.24, 2.45) is 0 Å². The molecule has 0 saturated heterocycles. The summed E-state index contributed by atoms with van der Waals surface area (Å²) in [5.41, 5.74) is 3.76. The average molecular weight is 301 g/mol. The normalized spacial score (nSPS) is 14.0. The highest BCUT2D eigenvalue weighted by molar-refractivity contribution is 8.03. The van der Waals surface area contributed by atoms with Crippen LogP contribution in [0.1, 0.15) is 32.0 Å². The quantitative estimate of drug-likeness (QED) is 0.827. The third-order valence-corrected chi connectivity index (χ3v) is 5.39. The summed E-state index contributed by atoms with van der Waals surface area (Å²) in [6.45, 7) is 13.0. The third-order valence-electron chi connectivity index (χ3n) is 4.22. The van der Waals surface area contributed by atoms with Crippen LogP contribution in [-0.4, -0.2) is 34.3 Å². The van der Waals surface area contributed by atoms with Gasteiger partial charge in [-0.05, 0) is 49.5 Å². The number of benzene rings is 1. The summed E-state index contributed by atoms with van der Waals surface area (Å²) >= 11 is 1.88. The summed E-state index contributed by atoms with van der Waals surface area (Å²) < 4.78 is 2.18. The molecule has 0 unspecified atom stereocenters. The Labute approximate surface area is 131 Å². The highest BCUT2D eigenvalue weighted by Gasteiger charge is 2.19. The Morgan fingerprint density at radius 2 is 1.95 bits per heavy atom. The fourth-order valence-electron chi connectivity index (χ4n) is 2.93. The Bertz CT molecular complexity index is 696. The summed E-state index contributed by atoms with van der Waals surface area (Å²) in [6.07, 6.45) is 2.22. The first kappa shape index (κ1) is 14.7. The van der Waals surface area contributed by atoms with Crippen molar-refractivity contribution in [3.63, 3.8) is 0 Å². The van der Waals surface area contributed by atoms with Crippen molar-refractivity contribution in [2.45, 2.75) is 39.1 Å². The van der Waals surface area contributed by atoms with E-state index in [4.69, 9.17) is 5.10 Å². The zero-order valence-corrected chi connectivity index (χ0v) is 14.1. The molecule has 1 aromatic heterocycles. The van der Waals surface area contributed by atoms with E-state index in [0.717, 1.165) is 31.9 Å². The average Bonchev–Trinajstić information content (AvgIpc) is 2.82. The van der Waals surface area contributed by atoms with Gasteiger partial charge in [-0.2, -0.15) is 5.10 Å². The number of likely N-dealkylation sites (N-methyl/N-ethyl adjacent to an activating group) is 1. The van der Waals surface area contributed by atoms with E-state index in [1.165, 1.54) is 26.3 Å². The molecule has 0 amide bonds. The summed E-state index contributed by atoms with van der Waals surface area (Å²) in [6, 6.07) is 4.45. The van der Waals surface area contributed by atoms with Gasteiger partial charge in [-0.25, -0.2) is 0 Å². The maximum atomic E-state index is 4.85. The minimum atomic E-state index is 0.957. The monoisotopic (exact) mass is 301 g/mol. The Morgan fingerprint density at radius 3 is 2.67 bits per heavy atom. The van der Waals surface area contributed by atoms with E-state index in [9.17, 15) is 0 Å². The fraction of sp³-hybridized carbons (Fsp3) is 0.471. The van der Waals surface area contributed by atoms with Crippen LogP contribution in [0.4, 0.5) is 0 Å². The van der Waals surface area contributed by atoms with Crippen LogP contribution < -0.4 is 0 Å². The van der Waals surface area contributed by atoms with Crippen molar-refractivity contribution >= 4 is 28.7 Å². The molecule has 112 valence electrons. The number of hydrogen-bond donors (Lipinski definition) is 0. The molecule has 0 aliphatic carbocycles. The SMILES string of the molecule is CCN(CC)CCn1nc2c3c(c(C)ccc31)SC(C)=C2. The number of rotatable bonds is 5. The molecular weight excluding hydrogens is 278 g/mol. The van der Waals surface area contributed by atoms with Gasteiger partial charge in [-0.1, -0.05) is 31.7 Å². The highest BCUT2D eigenvalue weighted by atomic mass is 32.2. The number of aryl methyl sites for hydroxylation is 1. The summed E-state index contributed by atoms with van der Waals surface area (Å²) in [4.78, 5) is 5.15. The van der Waals surface area contributed by atoms with E-state index in [2.05, 4.69) is 55.5 Å². The Hall–Kier alpha value is -1.26. The van der Waals surface area contributed by atoms with Crippen LogP contribution in [0, 0.1) is 6.92 Å². The van der Waals surface area contributed by atoms with Crippen molar-refractivity contribution in [3.8, 4) is 0 Å². The van der Waals surface area contributed by atoms with Crippen LogP contribution in [0.5, 0.6) is 0 Å². The predicted molar refractivity (Wildman–Crippen MR) is 91.8 cm³/mol. The molecule has 1 aliphatic heterocycles. The first-order chi connectivity index (χ1) is 10.1. The van der Waals surface area contributed by atoms with Crippen LogP contribution >= 0.6 is 11.8 Å². The topological polar surface area (TPSA) is 21.1 Å². The van der Waals surface area contributed by atoms with Gasteiger partial charge in [0, 0.05) is 16.8 Å². The van der Waals surface area contributed by atoms with E-state index in [1.807, 2.05) is 11.8 Å². The van der Waals surface area contributed by atoms with Crippen molar-refractivity contribution in [3.05, 3.63) is 28.3 Å². The van der Waals surface area contributed by atoms with Crippen molar-refractivity contribution < 1.29 is 0 Å². The van der Waals surface area contributed by atoms with Crippen molar-refractivity contribution in [1.82, 2.24) is 14.7 Å². The second kappa shape index (κ2) is 5.85. The molecule has 0 radical (unpaired) electrons. The molecule has 0 atom stereocenters. The van der Waals surface area contributed by atoms with Gasteiger partial charge in [0.15, 0.2) is 0 Å². The van der Waals surface area contributed by atoms with Crippen LogP contribution in [0.2, 0.25) is 0 Å². The standard InChI is InChI=1S/C17H23N3S/c1-5-19(6-2)9-10-20-15-8-7-12(3)17-16(15)14(18-20)11-13(4)21-17/h7-8,11H,5-6,9-10H2,1-4H3. The molecule has 0 spiro atoms. The number of allylic oxidation sites excluding steroid dienone is 1. The Kier molecular flexibility index (Phi) is 4.09. The molecule has 3 rings (SSSR count). The molecule has 2 heterocycles. The largest absolute Gasteiger partial charge is 0.302 e. The van der Waals surface area contributed by atoms with E-state index in [0.29, 0.717) is 0 Å². The van der Waals surface area contributed by atoms with Gasteiger partial charge in [0.1, 0.15) is 0 Å². The molecule has 0 N–H and O–H groups in total. The summed E-state index contributed by atoms with van der Waals surface area (Å²) in [5.74, 6) is 0. The van der Waals surface area contributed by atoms with E-state index < -0.39 is 0 Å². The first-order valence-corrected chi connectivity index (χ1v) is 8.54. The first-order valence-electron chi connectivity index (χ1n) is 7.72. The second-order valence-electron chi connectivity index (χ2n) is 5.60. The Morgan fingerprint density at radius 1 is 1.19 bits per heavy atom. The summed E-state index contributed by atoms with van der Waals surface area (Å²) in [5, 5.41) is 6.19. The molecule has 4 heteroatoms. The van der Waals surface area contributed by atoms with Gasteiger partial charge < -0.3 is 4.90 Å². The fourth-order valence-corrected chi connectivity index (χ4v) is 3.97. The zero-order valence-electron chi connectivity index (χ0n) is 13.3. The smallest absolute Gasteiger partial charge is 0.0949 e. The number of aromatic nitrogens is 2. The van der Waals surface area contributed by atoms with E-state index in [-0.39, 0.29) is 0 Å². The maximum Gasteiger partial charge on any atom is 0.0949 e. The number of thioether (sulfide) groups is 1. The molecule has 1 aliphatic rings. The van der Waals surface area contributed by atoms with E-state index in [1.54, 1.807) is 0 Å². The van der Waals surface area contributed by atoms with Crippen LogP contribution in [0.15, 0.2) is 21.9 Å². The molecular formula is C17H23N3S. The van der Waals surface area contributed by atoms with Crippen LogP contribution in [0.3, 0.4) is 0 Å². The number of nitrogens with zero attached hydrogens (tertiary/aromatic N) is 3. The Balaban J connectivity index is 2.01. The number of hydrogen-bond acceptors (Lipinski definition) is 3. The lowest BCUT2D eigenvalue weighted by Gasteiger charge is -2.18. The van der Waals surface area contributed by atoms with Crippen LogP contribution in [0.25, 0.3) is 17.0 Å². The van der Waals surface area contributed by atoms with Gasteiger partial charge in [-0.3, -0.25) is 4.68 Å². The second-order valence-corrected chi connectivity index (χ2v) is 6.85. The lowest BCUT2D eigenvalue weighted by molar-refractivity contribution is 0.287. The van der Waals surface area contributed by atoms with Crippen molar-refractivity contribution in [2.75, 3.05) is 19.6 Å². The molecule has 3 nitrogen and oxygen atoms in total. The zero-order chi connectivity index (χ0) is 15.0. The molecule has 0 bridgehead atoms. The van der Waals surface area contributed by atoms with Crippen LogP contribution in [-0.2, 0) is 6.54 Å². The molecule has 21 heavy (non-hydrogen) atoms. The van der Waals surface area contributed by atoms with E-state index >= 15 is 0 Å². The van der Waals surface area contributed by atoms with Gasteiger partial charge >= 0.3 is 0 Å². The maximum absolute atomic E-state index is 4.85. The van der Waals surface area contributed by atoms with Crippen molar-refractivity contribution in [1.29, 1.82) is 0 Å². The molecule has 1 aromatic carbocycles. The minimum absolute atomic E-state index is 0.957. The lowest BCUT2D eigenvalue weighted by Crippen LogP contribution is -2.27. The van der Waals surface area contributed by atoms with Gasteiger partial charge in [0.2, 0.25) is 0 Å².